The van der Waals surface area contributed by atoms with Crippen LogP contribution in [0.3, 0.4) is 0 Å². The molecule has 1 aromatic carbocycles. The molecule has 0 bridgehead atoms. The van der Waals surface area contributed by atoms with Crippen LogP contribution in [0, 0.1) is 0 Å². The van der Waals surface area contributed by atoms with Crippen LogP contribution < -0.4 is 4.74 Å². The van der Waals surface area contributed by atoms with E-state index in [4.69, 9.17) is 4.74 Å². The van der Waals surface area contributed by atoms with E-state index < -0.39 is 0 Å². The van der Waals surface area contributed by atoms with Crippen molar-refractivity contribution in [3.63, 3.8) is 0 Å². The summed E-state index contributed by atoms with van der Waals surface area (Å²) in [6.45, 7) is 7.42. The molecule has 0 aliphatic carbocycles. The van der Waals surface area contributed by atoms with Crippen molar-refractivity contribution in [2.75, 3.05) is 26.7 Å². The number of methoxy groups -OCH3 is 1. The Kier molecular flexibility index (Phi) is 7.53. The molecule has 0 fully saturated rings. The molecule has 0 spiro atoms. The molecule has 1 atom stereocenters. The van der Waals surface area contributed by atoms with E-state index in [2.05, 4.69) is 30.9 Å². The lowest BCUT2D eigenvalue weighted by molar-refractivity contribution is 0.135. The average molecular weight is 265 g/mol. The van der Waals surface area contributed by atoms with Crippen molar-refractivity contribution in [1.82, 2.24) is 4.90 Å². The number of ether oxygens (including phenoxy) is 1. The van der Waals surface area contributed by atoms with Gasteiger partial charge in [-0.25, -0.2) is 0 Å². The molecule has 1 rings (SSSR count). The lowest BCUT2D eigenvalue weighted by atomic mass is 10.0. The Morgan fingerprint density at radius 1 is 1.11 bits per heavy atom. The van der Waals surface area contributed by atoms with E-state index in [0.29, 0.717) is 0 Å². The van der Waals surface area contributed by atoms with Crippen molar-refractivity contribution >= 4 is 0 Å². The number of nitrogens with zero attached hydrogens (tertiary/aromatic N) is 1. The van der Waals surface area contributed by atoms with Gasteiger partial charge in [0.05, 0.1) is 13.2 Å². The highest BCUT2D eigenvalue weighted by atomic mass is 16.5. The monoisotopic (exact) mass is 265 g/mol. The molecule has 0 aliphatic rings. The molecule has 0 aromatic heterocycles. The van der Waals surface area contributed by atoms with Gasteiger partial charge in [0, 0.05) is 6.54 Å². The van der Waals surface area contributed by atoms with Gasteiger partial charge in [0.1, 0.15) is 5.75 Å². The number of aliphatic hydroxyl groups excluding tert-OH is 1. The topological polar surface area (TPSA) is 32.7 Å². The lowest BCUT2D eigenvalue weighted by Crippen LogP contribution is -2.27. The fourth-order valence-corrected chi connectivity index (χ4v) is 2.14. The SMILES string of the molecule is CCN(CC)CCC(O)CCc1ccc(OC)cc1. The number of hydrogen-bond acceptors (Lipinski definition) is 3. The zero-order valence-electron chi connectivity index (χ0n) is 12.4. The second-order valence-electron chi connectivity index (χ2n) is 4.86. The summed E-state index contributed by atoms with van der Waals surface area (Å²) in [5.41, 5.74) is 1.25. The lowest BCUT2D eigenvalue weighted by Gasteiger charge is -2.20. The fourth-order valence-electron chi connectivity index (χ4n) is 2.14. The summed E-state index contributed by atoms with van der Waals surface area (Å²) >= 11 is 0. The van der Waals surface area contributed by atoms with E-state index in [1.807, 2.05) is 12.1 Å². The van der Waals surface area contributed by atoms with Crippen LogP contribution in [0.25, 0.3) is 0 Å². The number of rotatable bonds is 9. The first-order chi connectivity index (χ1) is 9.19. The van der Waals surface area contributed by atoms with Gasteiger partial charge in [0.25, 0.3) is 0 Å². The Balaban J connectivity index is 2.27. The largest absolute Gasteiger partial charge is 0.497 e. The van der Waals surface area contributed by atoms with Gasteiger partial charge in [-0.3, -0.25) is 0 Å². The molecule has 1 aromatic rings. The van der Waals surface area contributed by atoms with E-state index in [-0.39, 0.29) is 6.10 Å². The van der Waals surface area contributed by atoms with E-state index >= 15 is 0 Å². The molecule has 3 heteroatoms. The Labute approximate surface area is 117 Å². The minimum absolute atomic E-state index is 0.206. The van der Waals surface area contributed by atoms with Gasteiger partial charge in [0.15, 0.2) is 0 Å². The van der Waals surface area contributed by atoms with Gasteiger partial charge in [-0.1, -0.05) is 26.0 Å². The third-order valence-electron chi connectivity index (χ3n) is 3.60. The van der Waals surface area contributed by atoms with Crippen molar-refractivity contribution in [2.24, 2.45) is 0 Å². The zero-order chi connectivity index (χ0) is 14.1. The van der Waals surface area contributed by atoms with E-state index in [1.54, 1.807) is 7.11 Å². The first kappa shape index (κ1) is 16.0. The van der Waals surface area contributed by atoms with Crippen LogP contribution in [0.15, 0.2) is 24.3 Å². The number of hydrogen-bond donors (Lipinski definition) is 1. The predicted octanol–water partition coefficient (Wildman–Crippen LogP) is 2.72. The van der Waals surface area contributed by atoms with Crippen LogP contribution in [0.2, 0.25) is 0 Å². The quantitative estimate of drug-likeness (QED) is 0.745. The first-order valence-corrected chi connectivity index (χ1v) is 7.22. The van der Waals surface area contributed by atoms with Crippen LogP contribution in [-0.4, -0.2) is 42.9 Å². The van der Waals surface area contributed by atoms with Gasteiger partial charge in [-0.05, 0) is 50.0 Å². The van der Waals surface area contributed by atoms with Crippen LogP contribution >= 0.6 is 0 Å². The van der Waals surface area contributed by atoms with Crippen LogP contribution in [0.5, 0.6) is 5.75 Å². The standard InChI is InChI=1S/C16H27NO2/c1-4-17(5-2)13-12-15(18)9-6-14-7-10-16(19-3)11-8-14/h7-8,10-11,15,18H,4-6,9,12-13H2,1-3H3. The minimum Gasteiger partial charge on any atom is -0.497 e. The second kappa shape index (κ2) is 8.94. The maximum atomic E-state index is 10.00. The summed E-state index contributed by atoms with van der Waals surface area (Å²) in [6, 6.07) is 8.07. The average Bonchev–Trinajstić information content (AvgIpc) is 2.46. The van der Waals surface area contributed by atoms with Gasteiger partial charge in [-0.15, -0.1) is 0 Å². The highest BCUT2D eigenvalue weighted by Gasteiger charge is 2.07. The predicted molar refractivity (Wildman–Crippen MR) is 79.7 cm³/mol. The maximum absolute atomic E-state index is 10.00. The molecule has 3 nitrogen and oxygen atoms in total. The van der Waals surface area contributed by atoms with E-state index in [9.17, 15) is 5.11 Å². The summed E-state index contributed by atoms with van der Waals surface area (Å²) < 4.78 is 5.13. The molecule has 0 aliphatic heterocycles. The van der Waals surface area contributed by atoms with Crippen molar-refractivity contribution in [3.8, 4) is 5.75 Å². The van der Waals surface area contributed by atoms with Gasteiger partial charge in [-0.2, -0.15) is 0 Å². The number of benzene rings is 1. The van der Waals surface area contributed by atoms with Crippen molar-refractivity contribution < 1.29 is 9.84 Å². The summed E-state index contributed by atoms with van der Waals surface area (Å²) in [5.74, 6) is 0.880. The summed E-state index contributed by atoms with van der Waals surface area (Å²) in [4.78, 5) is 2.34. The summed E-state index contributed by atoms with van der Waals surface area (Å²) in [5, 5.41) is 10.00. The Hall–Kier alpha value is -1.06. The second-order valence-corrected chi connectivity index (χ2v) is 4.86. The number of aryl methyl sites for hydroxylation is 1. The fraction of sp³-hybridized carbons (Fsp3) is 0.625. The third kappa shape index (κ3) is 6.08. The summed E-state index contributed by atoms with van der Waals surface area (Å²) in [7, 11) is 1.67. The Morgan fingerprint density at radius 2 is 1.74 bits per heavy atom. The van der Waals surface area contributed by atoms with Crippen LogP contribution in [0.4, 0.5) is 0 Å². The maximum Gasteiger partial charge on any atom is 0.118 e. The highest BCUT2D eigenvalue weighted by Crippen LogP contribution is 2.14. The molecule has 1 unspecified atom stereocenters. The highest BCUT2D eigenvalue weighted by molar-refractivity contribution is 5.27. The molecular weight excluding hydrogens is 238 g/mol. The van der Waals surface area contributed by atoms with Crippen LogP contribution in [-0.2, 0) is 6.42 Å². The van der Waals surface area contributed by atoms with Crippen molar-refractivity contribution in [2.45, 2.75) is 39.2 Å². The number of aliphatic hydroxyl groups is 1. The Bertz CT molecular complexity index is 333. The van der Waals surface area contributed by atoms with Crippen molar-refractivity contribution in [1.29, 1.82) is 0 Å². The molecule has 0 radical (unpaired) electrons. The van der Waals surface area contributed by atoms with E-state index in [1.165, 1.54) is 5.56 Å². The molecule has 1 N–H and O–H groups in total. The van der Waals surface area contributed by atoms with Gasteiger partial charge >= 0.3 is 0 Å². The molecule has 0 saturated heterocycles. The smallest absolute Gasteiger partial charge is 0.118 e. The van der Waals surface area contributed by atoms with Crippen molar-refractivity contribution in [3.05, 3.63) is 29.8 Å². The molecule has 0 saturated carbocycles. The third-order valence-corrected chi connectivity index (χ3v) is 3.60. The molecule has 0 heterocycles. The Morgan fingerprint density at radius 3 is 2.26 bits per heavy atom. The first-order valence-electron chi connectivity index (χ1n) is 7.22. The molecule has 0 amide bonds. The van der Waals surface area contributed by atoms with E-state index in [0.717, 1.165) is 44.6 Å². The normalized spacial score (nSPS) is 12.7. The zero-order valence-corrected chi connectivity index (χ0v) is 12.4. The minimum atomic E-state index is -0.206. The van der Waals surface area contributed by atoms with Gasteiger partial charge < -0.3 is 14.7 Å². The molecule has 108 valence electrons. The summed E-state index contributed by atoms with van der Waals surface area (Å²) in [6.07, 6.45) is 2.40. The van der Waals surface area contributed by atoms with Gasteiger partial charge in [0.2, 0.25) is 0 Å². The molecule has 19 heavy (non-hydrogen) atoms. The van der Waals surface area contributed by atoms with Crippen LogP contribution in [0.1, 0.15) is 32.3 Å². The molecular formula is C16H27NO2.